The van der Waals surface area contributed by atoms with E-state index in [1.54, 1.807) is 0 Å². The lowest BCUT2D eigenvalue weighted by Gasteiger charge is -2.15. The molecule has 0 N–H and O–H groups in total. The molecule has 0 aliphatic heterocycles. The second-order valence-corrected chi connectivity index (χ2v) is 5.13. The van der Waals surface area contributed by atoms with E-state index in [4.69, 9.17) is 5.53 Å². The summed E-state index contributed by atoms with van der Waals surface area (Å²) in [6.07, 6.45) is 1.95. The Morgan fingerprint density at radius 3 is 2.00 bits per heavy atom. The molecule has 0 unspecified atom stereocenters. The zero-order valence-electron chi connectivity index (χ0n) is 12.3. The van der Waals surface area contributed by atoms with E-state index in [2.05, 4.69) is 54.2 Å². The molecule has 21 heavy (non-hydrogen) atoms. The Morgan fingerprint density at radius 2 is 1.43 bits per heavy atom. The highest BCUT2D eigenvalue weighted by Crippen LogP contribution is 2.35. The molecule has 0 radical (unpaired) electrons. The molecule has 3 heteroatoms. The molecule has 3 rings (SSSR count). The van der Waals surface area contributed by atoms with Crippen LogP contribution in [-0.4, -0.2) is 0 Å². The number of hydrogen-bond acceptors (Lipinski definition) is 1. The predicted molar refractivity (Wildman–Crippen MR) is 89.0 cm³/mol. The summed E-state index contributed by atoms with van der Waals surface area (Å²) in [7, 11) is 0. The quantitative estimate of drug-likeness (QED) is 0.241. The van der Waals surface area contributed by atoms with E-state index in [0.717, 1.165) is 12.8 Å². The summed E-state index contributed by atoms with van der Waals surface area (Å²) in [5, 5.41) is 8.87. The molecule has 0 saturated heterocycles. The highest BCUT2D eigenvalue weighted by molar-refractivity contribution is 6.06. The number of rotatable bonds is 3. The molecule has 0 heterocycles. The van der Waals surface area contributed by atoms with E-state index in [9.17, 15) is 0 Å². The van der Waals surface area contributed by atoms with Gasteiger partial charge in [-0.05, 0) is 57.1 Å². The first kappa shape index (κ1) is 13.5. The molecule has 0 saturated carbocycles. The van der Waals surface area contributed by atoms with Crippen LogP contribution in [0.3, 0.4) is 0 Å². The van der Waals surface area contributed by atoms with Crippen LogP contribution in [0.4, 0.5) is 5.69 Å². The lowest BCUT2D eigenvalue weighted by Crippen LogP contribution is -1.93. The van der Waals surface area contributed by atoms with Crippen molar-refractivity contribution in [3.8, 4) is 0 Å². The third-order valence-corrected chi connectivity index (χ3v) is 4.10. The SMILES string of the molecule is CCc1c2ccccc2c(CC)c2cc(N=[N+]=[N-])ccc12. The number of nitrogens with zero attached hydrogens (tertiary/aromatic N) is 3. The fraction of sp³-hybridized carbons (Fsp3) is 0.222. The maximum absolute atomic E-state index is 8.65. The van der Waals surface area contributed by atoms with E-state index in [0.29, 0.717) is 5.69 Å². The summed E-state index contributed by atoms with van der Waals surface area (Å²) in [5.41, 5.74) is 12.0. The van der Waals surface area contributed by atoms with Crippen LogP contribution in [0.2, 0.25) is 0 Å². The van der Waals surface area contributed by atoms with E-state index in [1.807, 2.05) is 12.1 Å². The third kappa shape index (κ3) is 2.12. The van der Waals surface area contributed by atoms with Crippen LogP contribution in [0.1, 0.15) is 25.0 Å². The van der Waals surface area contributed by atoms with E-state index in [-0.39, 0.29) is 0 Å². The molecular formula is C18H17N3. The van der Waals surface area contributed by atoms with Gasteiger partial charge in [-0.1, -0.05) is 55.4 Å². The highest BCUT2D eigenvalue weighted by Gasteiger charge is 2.11. The van der Waals surface area contributed by atoms with Gasteiger partial charge in [0.15, 0.2) is 0 Å². The van der Waals surface area contributed by atoms with Crippen molar-refractivity contribution in [2.45, 2.75) is 26.7 Å². The van der Waals surface area contributed by atoms with Gasteiger partial charge in [-0.2, -0.15) is 0 Å². The molecule has 3 aromatic rings. The van der Waals surface area contributed by atoms with Crippen LogP contribution in [0, 0.1) is 0 Å². The molecule has 104 valence electrons. The average molecular weight is 275 g/mol. The highest BCUT2D eigenvalue weighted by atomic mass is 15.1. The van der Waals surface area contributed by atoms with Crippen LogP contribution < -0.4 is 0 Å². The maximum Gasteiger partial charge on any atom is 0.0381 e. The number of azide groups is 1. The van der Waals surface area contributed by atoms with Gasteiger partial charge in [0, 0.05) is 10.6 Å². The van der Waals surface area contributed by atoms with Crippen LogP contribution >= 0.6 is 0 Å². The Kier molecular flexibility index (Phi) is 3.51. The summed E-state index contributed by atoms with van der Waals surface area (Å²) < 4.78 is 0. The maximum atomic E-state index is 8.65. The summed E-state index contributed by atoms with van der Waals surface area (Å²) in [4.78, 5) is 2.90. The second-order valence-electron chi connectivity index (χ2n) is 5.13. The molecule has 0 aliphatic rings. The summed E-state index contributed by atoms with van der Waals surface area (Å²) in [6.45, 7) is 4.36. The molecule has 0 fully saturated rings. The van der Waals surface area contributed by atoms with Crippen molar-refractivity contribution in [1.29, 1.82) is 0 Å². The monoisotopic (exact) mass is 275 g/mol. The smallest absolute Gasteiger partial charge is 0.0381 e. The first-order valence-corrected chi connectivity index (χ1v) is 7.31. The zero-order chi connectivity index (χ0) is 14.8. The minimum Gasteiger partial charge on any atom is -0.0616 e. The molecule has 3 aromatic carbocycles. The van der Waals surface area contributed by atoms with Gasteiger partial charge >= 0.3 is 0 Å². The molecule has 0 aromatic heterocycles. The van der Waals surface area contributed by atoms with Crippen LogP contribution in [0.15, 0.2) is 47.6 Å². The van der Waals surface area contributed by atoms with Crippen LogP contribution in [-0.2, 0) is 12.8 Å². The van der Waals surface area contributed by atoms with E-state index in [1.165, 1.54) is 32.7 Å². The van der Waals surface area contributed by atoms with Crippen LogP contribution in [0.25, 0.3) is 32.0 Å². The Hall–Kier alpha value is -2.51. The molecule has 0 atom stereocenters. The van der Waals surface area contributed by atoms with Crippen molar-refractivity contribution >= 4 is 27.2 Å². The van der Waals surface area contributed by atoms with Crippen molar-refractivity contribution in [2.75, 3.05) is 0 Å². The number of hydrogen-bond donors (Lipinski definition) is 0. The largest absolute Gasteiger partial charge is 0.0616 e. The van der Waals surface area contributed by atoms with Gasteiger partial charge in [-0.3, -0.25) is 0 Å². The molecular weight excluding hydrogens is 258 g/mol. The van der Waals surface area contributed by atoms with Crippen molar-refractivity contribution in [2.24, 2.45) is 5.11 Å². The van der Waals surface area contributed by atoms with Crippen molar-refractivity contribution in [1.82, 2.24) is 0 Å². The Morgan fingerprint density at radius 1 is 0.857 bits per heavy atom. The lowest BCUT2D eigenvalue weighted by molar-refractivity contribution is 1.15. The minimum absolute atomic E-state index is 0.678. The van der Waals surface area contributed by atoms with Gasteiger partial charge in [-0.25, -0.2) is 0 Å². The van der Waals surface area contributed by atoms with Crippen LogP contribution in [0.5, 0.6) is 0 Å². The molecule has 3 nitrogen and oxygen atoms in total. The van der Waals surface area contributed by atoms with Gasteiger partial charge in [0.2, 0.25) is 0 Å². The molecule has 0 aliphatic carbocycles. The Balaban J connectivity index is 2.54. The number of fused-ring (bicyclic) bond motifs is 2. The molecule has 0 bridgehead atoms. The van der Waals surface area contributed by atoms with Crippen molar-refractivity contribution in [3.05, 3.63) is 64.0 Å². The van der Waals surface area contributed by atoms with Gasteiger partial charge in [-0.15, -0.1) is 0 Å². The second kappa shape index (κ2) is 5.47. The average Bonchev–Trinajstić information content (AvgIpc) is 2.52. The molecule has 0 amide bonds. The zero-order valence-corrected chi connectivity index (χ0v) is 12.3. The van der Waals surface area contributed by atoms with E-state index >= 15 is 0 Å². The van der Waals surface area contributed by atoms with Gasteiger partial charge in [0.25, 0.3) is 0 Å². The standard InChI is InChI=1S/C18H17N3/c1-3-13-15-7-5-6-8-16(15)14(4-2)18-11-12(20-21-19)9-10-17(13)18/h5-11H,3-4H2,1-2H3. The van der Waals surface area contributed by atoms with E-state index < -0.39 is 0 Å². The van der Waals surface area contributed by atoms with Gasteiger partial charge in [0.1, 0.15) is 0 Å². The minimum atomic E-state index is 0.678. The number of aryl methyl sites for hydroxylation is 2. The third-order valence-electron chi connectivity index (χ3n) is 4.10. The van der Waals surface area contributed by atoms with Crippen molar-refractivity contribution < 1.29 is 0 Å². The Labute approximate surface area is 123 Å². The predicted octanol–water partition coefficient (Wildman–Crippen LogP) is 6.06. The summed E-state index contributed by atoms with van der Waals surface area (Å²) >= 11 is 0. The molecule has 0 spiro atoms. The summed E-state index contributed by atoms with van der Waals surface area (Å²) in [5.74, 6) is 0. The topological polar surface area (TPSA) is 48.8 Å². The van der Waals surface area contributed by atoms with Gasteiger partial charge < -0.3 is 0 Å². The fourth-order valence-corrected chi connectivity index (χ4v) is 3.22. The Bertz CT molecular complexity index is 874. The first-order valence-electron chi connectivity index (χ1n) is 7.31. The first-order chi connectivity index (χ1) is 10.3. The van der Waals surface area contributed by atoms with Gasteiger partial charge in [0.05, 0.1) is 0 Å². The fourth-order valence-electron chi connectivity index (χ4n) is 3.22. The number of benzene rings is 3. The summed E-state index contributed by atoms with van der Waals surface area (Å²) in [6, 6.07) is 14.6. The van der Waals surface area contributed by atoms with Crippen molar-refractivity contribution in [3.63, 3.8) is 0 Å². The normalized spacial score (nSPS) is 10.8. The lowest BCUT2D eigenvalue weighted by atomic mass is 9.89.